The van der Waals surface area contributed by atoms with Crippen LogP contribution in [0.1, 0.15) is 16.7 Å². The lowest BCUT2D eigenvalue weighted by Crippen LogP contribution is -1.93. The summed E-state index contributed by atoms with van der Waals surface area (Å²) >= 11 is 1.45. The first-order valence-corrected chi connectivity index (χ1v) is 6.02. The highest BCUT2D eigenvalue weighted by Gasteiger charge is 2.16. The monoisotopic (exact) mass is 248 g/mol. The van der Waals surface area contributed by atoms with Crippen molar-refractivity contribution in [2.75, 3.05) is 0 Å². The molecule has 0 aliphatic carbocycles. The third-order valence-electron chi connectivity index (χ3n) is 2.58. The van der Waals surface area contributed by atoms with Gasteiger partial charge >= 0.3 is 0 Å². The minimum atomic E-state index is -0.787. The number of furan rings is 1. The second-order valence-electron chi connectivity index (χ2n) is 3.75. The third kappa shape index (κ3) is 1.85. The molecule has 3 aromatic rings. The Labute approximate surface area is 101 Å². The van der Waals surface area contributed by atoms with Crippen molar-refractivity contribution in [3.8, 4) is 0 Å². The number of aliphatic hydroxyl groups excluding tert-OH is 1. The number of benzene rings is 1. The maximum Gasteiger partial charge on any atom is 0.146 e. The van der Waals surface area contributed by atoms with E-state index in [-0.39, 0.29) is 5.82 Å². The molecule has 0 saturated carbocycles. The van der Waals surface area contributed by atoms with Crippen LogP contribution in [-0.4, -0.2) is 5.11 Å². The highest BCUT2D eigenvalue weighted by atomic mass is 32.1. The first-order chi connectivity index (χ1) is 8.24. The predicted molar refractivity (Wildman–Crippen MR) is 64.6 cm³/mol. The molecule has 0 aliphatic rings. The SMILES string of the molecule is OC(c1cc2cc(F)ccc2o1)c1cccs1. The summed E-state index contributed by atoms with van der Waals surface area (Å²) in [6.45, 7) is 0. The molecule has 1 unspecified atom stereocenters. The summed E-state index contributed by atoms with van der Waals surface area (Å²) < 4.78 is 18.5. The summed E-state index contributed by atoms with van der Waals surface area (Å²) in [6, 6.07) is 9.67. The van der Waals surface area contributed by atoms with Gasteiger partial charge in [-0.3, -0.25) is 0 Å². The van der Waals surface area contributed by atoms with Crippen molar-refractivity contribution in [3.05, 3.63) is 58.2 Å². The zero-order chi connectivity index (χ0) is 11.8. The largest absolute Gasteiger partial charge is 0.458 e. The molecule has 1 atom stereocenters. The summed E-state index contributed by atoms with van der Waals surface area (Å²) in [5.41, 5.74) is 0.581. The number of fused-ring (bicyclic) bond motifs is 1. The van der Waals surface area contributed by atoms with Crippen molar-refractivity contribution in [2.45, 2.75) is 6.10 Å². The Kier molecular flexibility index (Phi) is 2.46. The second kappa shape index (κ2) is 3.98. The fourth-order valence-corrected chi connectivity index (χ4v) is 2.47. The molecule has 0 radical (unpaired) electrons. The van der Waals surface area contributed by atoms with E-state index in [1.54, 1.807) is 12.1 Å². The number of aliphatic hydroxyl groups is 1. The maximum atomic E-state index is 13.0. The summed E-state index contributed by atoms with van der Waals surface area (Å²) in [5.74, 6) is 0.128. The van der Waals surface area contributed by atoms with Crippen molar-refractivity contribution in [1.29, 1.82) is 0 Å². The minimum Gasteiger partial charge on any atom is -0.458 e. The Morgan fingerprint density at radius 1 is 1.24 bits per heavy atom. The van der Waals surface area contributed by atoms with E-state index in [4.69, 9.17) is 4.42 Å². The van der Waals surface area contributed by atoms with Crippen LogP contribution in [-0.2, 0) is 0 Å². The quantitative estimate of drug-likeness (QED) is 0.750. The molecular formula is C13H9FO2S. The zero-order valence-corrected chi connectivity index (χ0v) is 9.58. The molecule has 0 bridgehead atoms. The van der Waals surface area contributed by atoms with Gasteiger partial charge in [-0.15, -0.1) is 11.3 Å². The number of hydrogen-bond donors (Lipinski definition) is 1. The summed E-state index contributed by atoms with van der Waals surface area (Å²) in [7, 11) is 0. The average Bonchev–Trinajstić information content (AvgIpc) is 2.96. The van der Waals surface area contributed by atoms with E-state index in [2.05, 4.69) is 0 Å². The molecule has 2 aromatic heterocycles. The first kappa shape index (κ1) is 10.5. The van der Waals surface area contributed by atoms with Gasteiger partial charge in [-0.1, -0.05) is 6.07 Å². The van der Waals surface area contributed by atoms with Crippen molar-refractivity contribution in [2.24, 2.45) is 0 Å². The highest BCUT2D eigenvalue weighted by molar-refractivity contribution is 7.10. The Morgan fingerprint density at radius 2 is 2.12 bits per heavy atom. The topological polar surface area (TPSA) is 33.4 Å². The van der Waals surface area contributed by atoms with Crippen LogP contribution >= 0.6 is 11.3 Å². The molecule has 2 heterocycles. The molecule has 0 fully saturated rings. The van der Waals surface area contributed by atoms with Crippen molar-refractivity contribution in [1.82, 2.24) is 0 Å². The van der Waals surface area contributed by atoms with Crippen LogP contribution in [0.3, 0.4) is 0 Å². The summed E-state index contributed by atoms with van der Waals surface area (Å²) in [4.78, 5) is 0.810. The molecule has 0 aliphatic heterocycles. The highest BCUT2D eigenvalue weighted by Crippen LogP contribution is 2.30. The van der Waals surface area contributed by atoms with Crippen molar-refractivity contribution >= 4 is 22.3 Å². The van der Waals surface area contributed by atoms with Gasteiger partial charge in [0.05, 0.1) is 0 Å². The van der Waals surface area contributed by atoms with Crippen LogP contribution in [0.15, 0.2) is 46.2 Å². The van der Waals surface area contributed by atoms with Crippen LogP contribution in [0.2, 0.25) is 0 Å². The zero-order valence-electron chi connectivity index (χ0n) is 8.76. The van der Waals surface area contributed by atoms with Crippen LogP contribution in [0, 0.1) is 5.82 Å². The number of hydrogen-bond acceptors (Lipinski definition) is 3. The Bertz CT molecular complexity index is 643. The van der Waals surface area contributed by atoms with Gasteiger partial charge < -0.3 is 9.52 Å². The van der Waals surface area contributed by atoms with Gasteiger partial charge in [0.25, 0.3) is 0 Å². The van der Waals surface area contributed by atoms with Crippen molar-refractivity contribution in [3.63, 3.8) is 0 Å². The molecule has 2 nitrogen and oxygen atoms in total. The minimum absolute atomic E-state index is 0.310. The Hall–Kier alpha value is -1.65. The molecule has 3 rings (SSSR count). The summed E-state index contributed by atoms with van der Waals surface area (Å²) in [6.07, 6.45) is -0.787. The number of rotatable bonds is 2. The van der Waals surface area contributed by atoms with Gasteiger partial charge in [0, 0.05) is 10.3 Å². The first-order valence-electron chi connectivity index (χ1n) is 5.14. The molecule has 4 heteroatoms. The van der Waals surface area contributed by atoms with Gasteiger partial charge in [0.1, 0.15) is 23.3 Å². The van der Waals surface area contributed by atoms with E-state index in [9.17, 15) is 9.50 Å². The normalized spacial score (nSPS) is 13.1. The molecule has 1 N–H and O–H groups in total. The molecule has 0 amide bonds. The van der Waals surface area contributed by atoms with E-state index in [0.717, 1.165) is 4.88 Å². The van der Waals surface area contributed by atoms with Gasteiger partial charge in [0.2, 0.25) is 0 Å². The predicted octanol–water partition coefficient (Wildman–Crippen LogP) is 3.72. The van der Waals surface area contributed by atoms with Gasteiger partial charge in [-0.2, -0.15) is 0 Å². The number of thiophene rings is 1. The van der Waals surface area contributed by atoms with Gasteiger partial charge in [-0.25, -0.2) is 4.39 Å². The lowest BCUT2D eigenvalue weighted by atomic mass is 10.2. The van der Waals surface area contributed by atoms with Crippen LogP contribution in [0.4, 0.5) is 4.39 Å². The van der Waals surface area contributed by atoms with Gasteiger partial charge in [-0.05, 0) is 35.7 Å². The molecule has 0 saturated heterocycles. The van der Waals surface area contributed by atoms with E-state index in [0.29, 0.717) is 16.7 Å². The van der Waals surface area contributed by atoms with Gasteiger partial charge in [0.15, 0.2) is 0 Å². The van der Waals surface area contributed by atoms with Crippen LogP contribution in [0.25, 0.3) is 11.0 Å². The van der Waals surface area contributed by atoms with Crippen molar-refractivity contribution < 1.29 is 13.9 Å². The molecular weight excluding hydrogens is 239 g/mol. The van der Waals surface area contributed by atoms with Crippen LogP contribution < -0.4 is 0 Å². The lowest BCUT2D eigenvalue weighted by Gasteiger charge is -2.03. The Morgan fingerprint density at radius 3 is 2.88 bits per heavy atom. The molecule has 0 spiro atoms. The van der Waals surface area contributed by atoms with E-state index >= 15 is 0 Å². The summed E-state index contributed by atoms with van der Waals surface area (Å²) in [5, 5.41) is 12.6. The number of halogens is 1. The van der Waals surface area contributed by atoms with E-state index < -0.39 is 6.10 Å². The average molecular weight is 248 g/mol. The molecule has 1 aromatic carbocycles. The van der Waals surface area contributed by atoms with E-state index in [1.165, 1.54) is 23.5 Å². The van der Waals surface area contributed by atoms with Crippen LogP contribution in [0.5, 0.6) is 0 Å². The third-order valence-corrected chi connectivity index (χ3v) is 3.50. The standard InChI is InChI=1S/C13H9FO2S/c14-9-3-4-10-8(6-9)7-11(16-10)13(15)12-2-1-5-17-12/h1-7,13,15H. The lowest BCUT2D eigenvalue weighted by molar-refractivity contribution is 0.196. The smallest absolute Gasteiger partial charge is 0.146 e. The fraction of sp³-hybridized carbons (Fsp3) is 0.0769. The Balaban J connectivity index is 2.06. The molecule has 86 valence electrons. The molecule has 17 heavy (non-hydrogen) atoms. The van der Waals surface area contributed by atoms with E-state index in [1.807, 2.05) is 17.5 Å². The fourth-order valence-electron chi connectivity index (χ4n) is 1.76. The maximum absolute atomic E-state index is 13.0. The second-order valence-corrected chi connectivity index (χ2v) is 4.73.